The van der Waals surface area contributed by atoms with E-state index in [0.29, 0.717) is 18.8 Å². The summed E-state index contributed by atoms with van der Waals surface area (Å²) in [6, 6.07) is 9.78. The van der Waals surface area contributed by atoms with Gasteiger partial charge in [-0.15, -0.1) is 12.4 Å². The lowest BCUT2D eigenvalue weighted by molar-refractivity contribution is 0.586. The second-order valence-electron chi connectivity index (χ2n) is 5.49. The maximum absolute atomic E-state index is 13.0. The molecule has 0 saturated carbocycles. The number of hydrogen-bond donors (Lipinski definition) is 1. The Kier molecular flexibility index (Phi) is 5.72. The Morgan fingerprint density at radius 1 is 1.08 bits per heavy atom. The molecule has 10 heteroatoms. The Morgan fingerprint density at radius 3 is 2.44 bits per heavy atom. The number of halogens is 1. The van der Waals surface area contributed by atoms with Crippen molar-refractivity contribution in [3.05, 3.63) is 48.2 Å². The maximum atomic E-state index is 13.0. The van der Waals surface area contributed by atoms with Crippen molar-refractivity contribution in [3.8, 4) is 0 Å². The summed E-state index contributed by atoms with van der Waals surface area (Å²) in [7, 11) is -7.30. The van der Waals surface area contributed by atoms with Crippen molar-refractivity contribution in [2.75, 3.05) is 23.7 Å². The smallest absolute Gasteiger partial charge is 0.265 e. The normalized spacial score (nSPS) is 15.0. The predicted molar refractivity (Wildman–Crippen MR) is 97.3 cm³/mol. The number of fused-ring (bicyclic) bond motifs is 1. The van der Waals surface area contributed by atoms with Crippen LogP contribution in [0.4, 0.5) is 5.69 Å². The molecule has 1 aliphatic rings. The first-order valence-corrected chi connectivity index (χ1v) is 10.6. The highest BCUT2D eigenvalue weighted by Gasteiger charge is 2.28. The Morgan fingerprint density at radius 2 is 1.80 bits per heavy atom. The number of aromatic nitrogens is 1. The van der Waals surface area contributed by atoms with Crippen molar-refractivity contribution in [2.24, 2.45) is 0 Å². The van der Waals surface area contributed by atoms with Gasteiger partial charge in [0, 0.05) is 32.1 Å². The van der Waals surface area contributed by atoms with E-state index in [9.17, 15) is 16.8 Å². The fourth-order valence-electron chi connectivity index (χ4n) is 2.54. The van der Waals surface area contributed by atoms with Crippen molar-refractivity contribution in [2.45, 2.75) is 16.5 Å². The van der Waals surface area contributed by atoms with Crippen LogP contribution in [-0.2, 0) is 26.4 Å². The van der Waals surface area contributed by atoms with Crippen molar-refractivity contribution in [1.82, 2.24) is 10.3 Å². The molecule has 0 atom stereocenters. The molecule has 1 aromatic heterocycles. The minimum Gasteiger partial charge on any atom is -0.311 e. The third-order valence-electron chi connectivity index (χ3n) is 3.74. The lowest BCUT2D eigenvalue weighted by Crippen LogP contribution is -2.34. The van der Waals surface area contributed by atoms with E-state index in [-0.39, 0.29) is 28.9 Å². The molecule has 1 N–H and O–H groups in total. The van der Waals surface area contributed by atoms with Crippen LogP contribution in [-0.4, -0.2) is 41.2 Å². The van der Waals surface area contributed by atoms with Gasteiger partial charge < -0.3 is 5.32 Å². The molecule has 2 heterocycles. The number of pyridine rings is 1. The number of nitrogens with one attached hydrogen (secondary N) is 1. The number of rotatable bonds is 3. The molecule has 2 aromatic rings. The van der Waals surface area contributed by atoms with Gasteiger partial charge in [0.15, 0.2) is 14.9 Å². The van der Waals surface area contributed by atoms with Crippen LogP contribution >= 0.6 is 12.4 Å². The standard InChI is InChI=1S/C15H17N3O4S2.ClH/c1-23(19,20)15-7-6-13(11-17-15)24(21,22)18-9-8-16-10-12-4-2-3-5-14(12)18;/h2-7,11,16H,8-10H2,1H3;1H. The summed E-state index contributed by atoms with van der Waals surface area (Å²) in [5, 5.41) is 3.03. The third kappa shape index (κ3) is 3.95. The van der Waals surface area contributed by atoms with Gasteiger partial charge in [-0.05, 0) is 23.8 Å². The van der Waals surface area contributed by atoms with E-state index in [1.165, 1.54) is 16.4 Å². The Labute approximate surface area is 153 Å². The summed E-state index contributed by atoms with van der Waals surface area (Å²) < 4.78 is 50.2. The van der Waals surface area contributed by atoms with E-state index < -0.39 is 19.9 Å². The molecule has 0 amide bonds. The van der Waals surface area contributed by atoms with Crippen LogP contribution in [0.2, 0.25) is 0 Å². The van der Waals surface area contributed by atoms with Gasteiger partial charge in [-0.3, -0.25) is 4.31 Å². The highest BCUT2D eigenvalue weighted by molar-refractivity contribution is 7.93. The van der Waals surface area contributed by atoms with E-state index in [0.717, 1.165) is 18.0 Å². The first kappa shape index (κ1) is 19.6. The van der Waals surface area contributed by atoms with Gasteiger partial charge >= 0.3 is 0 Å². The fraction of sp³-hybridized carbons (Fsp3) is 0.267. The van der Waals surface area contributed by atoms with Gasteiger partial charge in [-0.1, -0.05) is 18.2 Å². The molecule has 136 valence electrons. The van der Waals surface area contributed by atoms with Crippen molar-refractivity contribution >= 4 is 38.0 Å². The average Bonchev–Trinajstić information content (AvgIpc) is 2.77. The minimum atomic E-state index is -3.83. The summed E-state index contributed by atoms with van der Waals surface area (Å²) in [5.74, 6) is 0. The minimum absolute atomic E-state index is 0. The molecule has 0 aliphatic carbocycles. The van der Waals surface area contributed by atoms with E-state index >= 15 is 0 Å². The highest BCUT2D eigenvalue weighted by atomic mass is 35.5. The number of anilines is 1. The van der Waals surface area contributed by atoms with E-state index in [1.807, 2.05) is 12.1 Å². The molecule has 1 aromatic carbocycles. The largest absolute Gasteiger partial charge is 0.311 e. The van der Waals surface area contributed by atoms with Crippen molar-refractivity contribution in [1.29, 1.82) is 0 Å². The number of sulfone groups is 1. The van der Waals surface area contributed by atoms with Gasteiger partial charge in [-0.25, -0.2) is 21.8 Å². The Hall–Kier alpha value is -1.68. The molecule has 7 nitrogen and oxygen atoms in total. The zero-order chi connectivity index (χ0) is 17.4. The molecular formula is C15H18ClN3O4S2. The van der Waals surface area contributed by atoms with Gasteiger partial charge in [0.25, 0.3) is 10.0 Å². The van der Waals surface area contributed by atoms with Gasteiger partial charge in [-0.2, -0.15) is 0 Å². The number of nitrogens with zero attached hydrogens (tertiary/aromatic N) is 2. The number of para-hydroxylation sites is 1. The quantitative estimate of drug-likeness (QED) is 0.827. The van der Waals surface area contributed by atoms with Crippen LogP contribution in [0.1, 0.15) is 5.56 Å². The molecule has 0 bridgehead atoms. The first-order valence-electron chi connectivity index (χ1n) is 7.27. The van der Waals surface area contributed by atoms with Crippen LogP contribution in [0, 0.1) is 0 Å². The average molecular weight is 404 g/mol. The Bertz CT molecular complexity index is 961. The summed E-state index contributed by atoms with van der Waals surface area (Å²) in [6.45, 7) is 1.39. The SMILES string of the molecule is CS(=O)(=O)c1ccc(S(=O)(=O)N2CCNCc3ccccc32)cn1.Cl. The zero-order valence-corrected chi connectivity index (χ0v) is 15.9. The molecule has 0 radical (unpaired) electrons. The molecule has 0 saturated heterocycles. The van der Waals surface area contributed by atoms with Crippen LogP contribution in [0.25, 0.3) is 0 Å². The molecule has 0 spiro atoms. The lowest BCUT2D eigenvalue weighted by atomic mass is 10.2. The van der Waals surface area contributed by atoms with Crippen molar-refractivity contribution in [3.63, 3.8) is 0 Å². The monoisotopic (exact) mass is 403 g/mol. The van der Waals surface area contributed by atoms with Crippen molar-refractivity contribution < 1.29 is 16.8 Å². The summed E-state index contributed by atoms with van der Waals surface area (Å²) in [6.07, 6.45) is 2.12. The topological polar surface area (TPSA) is 96.4 Å². The third-order valence-corrected chi connectivity index (χ3v) is 6.54. The first-order chi connectivity index (χ1) is 11.3. The van der Waals surface area contributed by atoms with Crippen LogP contribution in [0.3, 0.4) is 0 Å². The Balaban J connectivity index is 0.00000225. The molecule has 1 aliphatic heterocycles. The van der Waals surface area contributed by atoms with E-state index in [2.05, 4.69) is 10.3 Å². The summed E-state index contributed by atoms with van der Waals surface area (Å²) >= 11 is 0. The van der Waals surface area contributed by atoms with Gasteiger partial charge in [0.2, 0.25) is 0 Å². The molecule has 0 unspecified atom stereocenters. The highest BCUT2D eigenvalue weighted by Crippen LogP contribution is 2.28. The number of hydrogen-bond acceptors (Lipinski definition) is 6. The van der Waals surface area contributed by atoms with Crippen LogP contribution < -0.4 is 9.62 Å². The summed E-state index contributed by atoms with van der Waals surface area (Å²) in [5.41, 5.74) is 1.51. The maximum Gasteiger partial charge on any atom is 0.265 e. The van der Waals surface area contributed by atoms with E-state index in [1.54, 1.807) is 12.1 Å². The predicted octanol–water partition coefficient (Wildman–Crippen LogP) is 1.21. The summed E-state index contributed by atoms with van der Waals surface area (Å²) in [4.78, 5) is 3.75. The lowest BCUT2D eigenvalue weighted by Gasteiger charge is -2.24. The second-order valence-corrected chi connectivity index (χ2v) is 9.31. The van der Waals surface area contributed by atoms with Crippen LogP contribution in [0.5, 0.6) is 0 Å². The molecule has 25 heavy (non-hydrogen) atoms. The van der Waals surface area contributed by atoms with Crippen LogP contribution in [0.15, 0.2) is 52.5 Å². The zero-order valence-electron chi connectivity index (χ0n) is 13.4. The fourth-order valence-corrected chi connectivity index (χ4v) is 4.55. The number of sulfonamides is 1. The molecular weight excluding hydrogens is 386 g/mol. The molecule has 0 fully saturated rings. The number of benzene rings is 1. The molecule has 3 rings (SSSR count). The van der Waals surface area contributed by atoms with Gasteiger partial charge in [0.1, 0.15) is 4.90 Å². The van der Waals surface area contributed by atoms with E-state index in [4.69, 9.17) is 0 Å². The second kappa shape index (κ2) is 7.28. The van der Waals surface area contributed by atoms with Gasteiger partial charge in [0.05, 0.1) is 5.69 Å².